The first-order chi connectivity index (χ1) is 7.56. The van der Waals surface area contributed by atoms with Gasteiger partial charge in [0.2, 0.25) is 0 Å². The van der Waals surface area contributed by atoms with Gasteiger partial charge in [0.1, 0.15) is 5.56 Å². The van der Waals surface area contributed by atoms with Gasteiger partial charge in [-0.15, -0.1) is 0 Å². The summed E-state index contributed by atoms with van der Waals surface area (Å²) in [7, 11) is 0.617. The van der Waals surface area contributed by atoms with Crippen LogP contribution in [0, 0.1) is 0 Å². The van der Waals surface area contributed by atoms with Crippen LogP contribution in [0.4, 0.5) is 0 Å². The highest BCUT2D eigenvalue weighted by molar-refractivity contribution is 9.09. The Morgan fingerprint density at radius 3 is 1.88 bits per heavy atom. The summed E-state index contributed by atoms with van der Waals surface area (Å²) in [6, 6.07) is 0. The minimum Gasteiger partial charge on any atom is -0.429 e. The Bertz CT molecular complexity index is 170. The molecule has 0 rings (SSSR count). The van der Waals surface area contributed by atoms with E-state index in [9.17, 15) is 0 Å². The van der Waals surface area contributed by atoms with Gasteiger partial charge in [0.15, 0.2) is 0 Å². The van der Waals surface area contributed by atoms with Gasteiger partial charge in [-0.3, -0.25) is 0 Å². The van der Waals surface area contributed by atoms with Gasteiger partial charge in [0.25, 0.3) is 0 Å². The van der Waals surface area contributed by atoms with Crippen molar-refractivity contribution in [1.29, 1.82) is 0 Å². The van der Waals surface area contributed by atoms with Crippen molar-refractivity contribution in [3.05, 3.63) is 0 Å². The lowest BCUT2D eigenvalue weighted by Gasteiger charge is -2.31. The molecule has 0 aliphatic heterocycles. The van der Waals surface area contributed by atoms with E-state index >= 15 is 0 Å². The molecule has 1 atom stereocenters. The normalized spacial score (nSPS) is 13.7. The van der Waals surface area contributed by atoms with E-state index in [0.29, 0.717) is 7.69 Å². The maximum absolute atomic E-state index is 9.10. The number of halogens is 2. The lowest BCUT2D eigenvalue weighted by atomic mass is 9.90. The zero-order valence-corrected chi connectivity index (χ0v) is 13.1. The third-order valence-corrected chi connectivity index (χ3v) is 3.15. The first kappa shape index (κ1) is 20.0. The van der Waals surface area contributed by atoms with E-state index in [-0.39, 0.29) is 0 Å². The van der Waals surface area contributed by atoms with Crippen molar-refractivity contribution in [2.45, 2.75) is 57.3 Å². The van der Waals surface area contributed by atoms with Crippen molar-refractivity contribution in [2.75, 3.05) is 5.33 Å². The summed E-state index contributed by atoms with van der Waals surface area (Å²) in [6.45, 7) is 6.31. The molecule has 0 bridgehead atoms. The third-order valence-electron chi connectivity index (χ3n) is 2.27. The van der Waals surface area contributed by atoms with E-state index < -0.39 is 16.8 Å². The Morgan fingerprint density at radius 2 is 1.65 bits per heavy atom. The molecule has 0 aliphatic rings. The molecule has 0 fully saturated rings. The highest BCUT2D eigenvalue weighted by Crippen LogP contribution is 2.19. The Morgan fingerprint density at radius 1 is 1.24 bits per heavy atom. The van der Waals surface area contributed by atoms with Crippen molar-refractivity contribution < 1.29 is 19.9 Å². The molecular weight excluding hydrogens is 310 g/mol. The van der Waals surface area contributed by atoms with Crippen molar-refractivity contribution in [1.82, 2.24) is 0 Å². The van der Waals surface area contributed by atoms with Crippen molar-refractivity contribution in [3.8, 4) is 0 Å². The monoisotopic (exact) mass is 331 g/mol. The van der Waals surface area contributed by atoms with Gasteiger partial charge in [-0.05, 0) is 40.5 Å². The van der Waals surface area contributed by atoms with Gasteiger partial charge in [-0.25, -0.2) is 0 Å². The van der Waals surface area contributed by atoms with Gasteiger partial charge in [-0.2, -0.15) is 0 Å². The summed E-state index contributed by atoms with van der Waals surface area (Å²) in [4.78, 5) is 0. The summed E-state index contributed by atoms with van der Waals surface area (Å²) in [5.74, 6) is 0. The predicted octanol–water partition coefficient (Wildman–Crippen LogP) is 1.80. The largest absolute Gasteiger partial charge is 0.486 e. The standard InChI is InChI=1S/C6H14O2.C4H8BBrClO2/c1-5(2,7)6(3,4)8;6-3-1-2-4(7)9-5-8/h7-8H,1-4H3;4,8H,1-3H2. The summed E-state index contributed by atoms with van der Waals surface area (Å²) in [6.07, 6.45) is 1.69. The second-order valence-corrected chi connectivity index (χ2v) is 5.88. The van der Waals surface area contributed by atoms with Crippen LogP contribution in [0.3, 0.4) is 0 Å². The summed E-state index contributed by atoms with van der Waals surface area (Å²) < 4.78 is 4.52. The van der Waals surface area contributed by atoms with E-state index in [1.54, 1.807) is 27.7 Å². The molecule has 103 valence electrons. The quantitative estimate of drug-likeness (QED) is 0.512. The van der Waals surface area contributed by atoms with Crippen molar-refractivity contribution >= 4 is 35.2 Å². The van der Waals surface area contributed by atoms with E-state index in [4.69, 9.17) is 26.8 Å². The van der Waals surface area contributed by atoms with Crippen LogP contribution in [0.2, 0.25) is 0 Å². The highest BCUT2D eigenvalue weighted by Gasteiger charge is 2.31. The SMILES string of the molecule is CC(C)(O)C(C)(C)O.O[B]OC(Cl)CCCBr. The molecule has 0 heterocycles. The second-order valence-electron chi connectivity index (χ2n) is 4.60. The lowest BCUT2D eigenvalue weighted by Crippen LogP contribution is -2.44. The van der Waals surface area contributed by atoms with Crippen LogP contribution in [0.5, 0.6) is 0 Å². The van der Waals surface area contributed by atoms with Gasteiger partial charge < -0.3 is 19.9 Å². The molecule has 4 nitrogen and oxygen atoms in total. The highest BCUT2D eigenvalue weighted by atomic mass is 79.9. The number of alkyl halides is 2. The van der Waals surface area contributed by atoms with Crippen LogP contribution in [-0.4, -0.2) is 45.0 Å². The summed E-state index contributed by atoms with van der Waals surface area (Å²) in [5, 5.41) is 27.2. The van der Waals surface area contributed by atoms with Crippen LogP contribution in [-0.2, 0) is 4.65 Å². The summed E-state index contributed by atoms with van der Waals surface area (Å²) in [5.41, 5.74) is -2.41. The molecule has 17 heavy (non-hydrogen) atoms. The van der Waals surface area contributed by atoms with E-state index in [0.717, 1.165) is 18.2 Å². The third kappa shape index (κ3) is 12.9. The zero-order chi connectivity index (χ0) is 14.1. The molecule has 0 aromatic rings. The number of hydrogen-bond acceptors (Lipinski definition) is 4. The summed E-state index contributed by atoms with van der Waals surface area (Å²) >= 11 is 8.77. The van der Waals surface area contributed by atoms with E-state index in [1.165, 1.54) is 0 Å². The molecular formula is C10H22BBrClO4. The van der Waals surface area contributed by atoms with Gasteiger partial charge in [-0.1, -0.05) is 27.5 Å². The Kier molecular flexibility index (Phi) is 11.3. The fourth-order valence-corrected chi connectivity index (χ4v) is 0.896. The molecule has 0 saturated carbocycles. The molecule has 0 aromatic heterocycles. The van der Waals surface area contributed by atoms with Crippen molar-refractivity contribution in [2.24, 2.45) is 0 Å². The topological polar surface area (TPSA) is 69.9 Å². The second kappa shape index (κ2) is 9.58. The fourth-order valence-electron chi connectivity index (χ4n) is 0.372. The average Bonchev–Trinajstić information content (AvgIpc) is 2.13. The van der Waals surface area contributed by atoms with Crippen LogP contribution in [0.1, 0.15) is 40.5 Å². The molecule has 1 radical (unpaired) electrons. The smallest absolute Gasteiger partial charge is 0.429 e. The Hall–Kier alpha value is 0.675. The predicted molar refractivity (Wildman–Crippen MR) is 74.3 cm³/mol. The molecule has 7 heteroatoms. The molecule has 0 aliphatic carbocycles. The van der Waals surface area contributed by atoms with Crippen LogP contribution >= 0.6 is 27.5 Å². The lowest BCUT2D eigenvalue weighted by molar-refractivity contribution is -0.107. The van der Waals surface area contributed by atoms with Crippen molar-refractivity contribution in [3.63, 3.8) is 0 Å². The zero-order valence-electron chi connectivity index (χ0n) is 10.8. The number of aliphatic hydroxyl groups is 2. The van der Waals surface area contributed by atoms with Crippen LogP contribution < -0.4 is 0 Å². The number of rotatable bonds is 6. The van der Waals surface area contributed by atoms with Gasteiger partial charge in [0.05, 0.1) is 11.2 Å². The minimum atomic E-state index is -1.01. The first-order valence-electron chi connectivity index (χ1n) is 5.32. The molecule has 0 aromatic carbocycles. The van der Waals surface area contributed by atoms with Crippen LogP contribution in [0.15, 0.2) is 0 Å². The van der Waals surface area contributed by atoms with Gasteiger partial charge in [0, 0.05) is 5.33 Å². The Balaban J connectivity index is 0. The van der Waals surface area contributed by atoms with E-state index in [1.807, 2.05) is 0 Å². The fraction of sp³-hybridized carbons (Fsp3) is 1.00. The van der Waals surface area contributed by atoms with Crippen LogP contribution in [0.25, 0.3) is 0 Å². The van der Waals surface area contributed by atoms with E-state index in [2.05, 4.69) is 20.6 Å². The molecule has 0 saturated heterocycles. The first-order valence-corrected chi connectivity index (χ1v) is 6.88. The maximum Gasteiger partial charge on any atom is 0.486 e. The molecule has 0 spiro atoms. The van der Waals surface area contributed by atoms with Gasteiger partial charge >= 0.3 is 7.69 Å². The molecule has 1 unspecified atom stereocenters. The molecule has 0 amide bonds. The maximum atomic E-state index is 9.10. The number of hydrogen-bond donors (Lipinski definition) is 3. The molecule has 3 N–H and O–H groups in total. The average molecular weight is 332 g/mol. The Labute approximate surface area is 118 Å². The minimum absolute atomic E-state index is 0.396.